The van der Waals surface area contributed by atoms with E-state index in [2.05, 4.69) is 131 Å². The number of benzene rings is 5. The van der Waals surface area contributed by atoms with Gasteiger partial charge in [-0.15, -0.1) is 0 Å². The molecule has 19 heteroatoms. The molecule has 0 aliphatic carbocycles. The summed E-state index contributed by atoms with van der Waals surface area (Å²) in [5.74, 6) is -1.55. The fourth-order valence-corrected chi connectivity index (χ4v) is 9.19. The van der Waals surface area contributed by atoms with Gasteiger partial charge in [0.25, 0.3) is 17.7 Å². The summed E-state index contributed by atoms with van der Waals surface area (Å²) in [4.78, 5) is 46.7. The number of carbonyl (C=O) groups excluding carboxylic acids is 3. The molecule has 6 aromatic heterocycles. The second kappa shape index (κ2) is 30.7. The molecule has 421 valence electrons. The van der Waals surface area contributed by atoms with E-state index in [1.807, 2.05) is 101 Å². The molecule has 5 aromatic carbocycles. The molecule has 0 unspecified atom stereocenters. The van der Waals surface area contributed by atoms with Crippen molar-refractivity contribution in [3.8, 4) is 44.9 Å². The topological polar surface area (TPSA) is 236 Å². The number of aryl methyl sites for hydroxylation is 5. The zero-order chi connectivity index (χ0) is 56.2. The van der Waals surface area contributed by atoms with Crippen molar-refractivity contribution >= 4 is 99.4 Å². The van der Waals surface area contributed by atoms with Crippen LogP contribution in [0, 0.1) is 13.8 Å². The van der Waals surface area contributed by atoms with E-state index >= 15 is 0 Å². The van der Waals surface area contributed by atoms with E-state index in [9.17, 15) is 14.4 Å². The molecule has 0 bridgehead atoms. The van der Waals surface area contributed by atoms with Crippen LogP contribution in [0.1, 0.15) is 72.3 Å². The SMILES string of the molecule is C.C.C.C.Cc1cccc(-c2cn(C)c3ccc(-c4cccc(C(N)=O)n4)cc23)c1.Cc1cccc(B(O)O)c1.Cn1cc(Br)c2cc(-c3cccc(C(N)=O)n3)ccc21.Cn1ccc2cc(-c3cccc(C(N)=O)n3)ccc21.[B]=NS. The first-order valence-electron chi connectivity index (χ1n) is 24.1. The standard InChI is InChI=1S/C22H19N3O.C15H12BrN3O.C15H13N3O.C7H9BO2.4CH4.BHNS/c1-14-5-3-6-15(11-14)18-13-25(2)21-10-9-16(12-17(18)21)19-7-4-8-20(24-19)22(23)26;1-19-8-11(16)10-7-9(5-6-14(10)19)12-3-2-4-13(18-12)15(17)20;1-18-8-7-11-9-10(5-6-14(11)18)12-3-2-4-13(17-12)15(16)19;1-6-3-2-4-7(5-6)8(9)10;;;;;1-2-3/h3-13H,1-2H3,(H2,23,26);2-8H,1H3,(H2,17,20);2-9H,1H3,(H2,16,19);2-5,9-10H,1H3;4*1H4;3H. The Morgan fingerprint density at radius 2 is 0.939 bits per heavy atom. The molecule has 6 heterocycles. The van der Waals surface area contributed by atoms with Crippen LogP contribution in [0.25, 0.3) is 77.6 Å². The summed E-state index contributed by atoms with van der Waals surface area (Å²) in [6, 6.07) is 51.9. The molecule has 82 heavy (non-hydrogen) atoms. The molecule has 0 aliphatic rings. The number of nitrogens with two attached hydrogens (primary N) is 3. The number of aromatic nitrogens is 6. The summed E-state index contributed by atoms with van der Waals surface area (Å²) in [7, 11) is 9.04. The van der Waals surface area contributed by atoms with Gasteiger partial charge in [-0.05, 0) is 120 Å². The van der Waals surface area contributed by atoms with Crippen LogP contribution >= 0.6 is 28.7 Å². The number of nitrogens with zero attached hydrogens (tertiary/aromatic N) is 7. The second-order valence-electron chi connectivity index (χ2n) is 18.0. The Morgan fingerprint density at radius 1 is 0.524 bits per heavy atom. The van der Waals surface area contributed by atoms with Crippen molar-refractivity contribution < 1.29 is 24.4 Å². The maximum atomic E-state index is 11.4. The molecule has 11 aromatic rings. The Kier molecular flexibility index (Phi) is 25.3. The molecule has 3 amide bonds. The summed E-state index contributed by atoms with van der Waals surface area (Å²) in [6.07, 6.45) is 6.18. The van der Waals surface area contributed by atoms with Crippen molar-refractivity contribution in [2.45, 2.75) is 43.6 Å². The molecule has 0 saturated heterocycles. The molecule has 0 atom stereocenters. The van der Waals surface area contributed by atoms with Crippen molar-refractivity contribution in [3.05, 3.63) is 215 Å². The molecule has 8 N–H and O–H groups in total. The van der Waals surface area contributed by atoms with Crippen LogP contribution in [0.4, 0.5) is 0 Å². The van der Waals surface area contributed by atoms with Gasteiger partial charge >= 0.3 is 31.9 Å². The van der Waals surface area contributed by atoms with Crippen molar-refractivity contribution in [1.82, 2.24) is 28.7 Å². The number of hydrogen-bond donors (Lipinski definition) is 6. The monoisotopic (exact) mass is 1180 g/mol. The molecule has 0 aliphatic heterocycles. The zero-order valence-corrected chi connectivity index (χ0v) is 45.8. The fraction of sp³-hybridized carbons (Fsp3) is 0.143. The van der Waals surface area contributed by atoms with Crippen LogP contribution in [0.2, 0.25) is 0 Å². The number of fused-ring (bicyclic) bond motifs is 3. The van der Waals surface area contributed by atoms with E-state index in [4.69, 9.17) is 27.2 Å². The number of amides is 3. The van der Waals surface area contributed by atoms with Gasteiger partial charge in [-0.1, -0.05) is 126 Å². The Hall–Kier alpha value is -8.74. The predicted octanol–water partition coefficient (Wildman–Crippen LogP) is 12.2. The van der Waals surface area contributed by atoms with Gasteiger partial charge in [0.05, 0.1) is 17.1 Å². The van der Waals surface area contributed by atoms with Gasteiger partial charge in [0.15, 0.2) is 0 Å². The van der Waals surface area contributed by atoms with Crippen molar-refractivity contribution in [2.75, 3.05) is 0 Å². The molecule has 15 nitrogen and oxygen atoms in total. The second-order valence-corrected chi connectivity index (χ2v) is 19.1. The van der Waals surface area contributed by atoms with E-state index < -0.39 is 24.8 Å². The van der Waals surface area contributed by atoms with E-state index in [0.717, 1.165) is 76.5 Å². The zero-order valence-electron chi connectivity index (χ0n) is 43.3. The predicted molar refractivity (Wildman–Crippen MR) is 347 cm³/mol. The van der Waals surface area contributed by atoms with Gasteiger partial charge in [0.2, 0.25) is 0 Å². The normalized spacial score (nSPS) is 9.95. The Balaban J connectivity index is 0.000000288. The number of halogens is 1. The van der Waals surface area contributed by atoms with Crippen LogP contribution < -0.4 is 22.7 Å². The Labute approximate surface area is 495 Å². The van der Waals surface area contributed by atoms with Crippen LogP contribution in [-0.2, 0) is 21.1 Å². The summed E-state index contributed by atoms with van der Waals surface area (Å²) < 4.78 is 9.97. The van der Waals surface area contributed by atoms with E-state index in [-0.39, 0.29) is 46.8 Å². The van der Waals surface area contributed by atoms with Gasteiger partial charge in [0, 0.05) is 99.2 Å². The van der Waals surface area contributed by atoms with E-state index in [1.54, 1.807) is 54.6 Å². The molecule has 11 rings (SSSR count). The van der Waals surface area contributed by atoms with Crippen LogP contribution in [0.15, 0.2) is 191 Å². The van der Waals surface area contributed by atoms with Crippen LogP contribution in [0.3, 0.4) is 0 Å². The minimum atomic E-state index is -1.35. The average Bonchev–Trinajstić information content (AvgIpc) is 4.32. The van der Waals surface area contributed by atoms with Gasteiger partial charge in [-0.3, -0.25) is 14.4 Å². The van der Waals surface area contributed by atoms with Gasteiger partial charge in [-0.25, -0.2) is 15.0 Å². The number of hydrogen-bond acceptors (Lipinski definition) is 10. The summed E-state index contributed by atoms with van der Waals surface area (Å²) in [5.41, 5.74) is 30.4. The third-order valence-corrected chi connectivity index (χ3v) is 13.0. The fourth-order valence-electron chi connectivity index (χ4n) is 8.57. The van der Waals surface area contributed by atoms with Crippen molar-refractivity contribution in [3.63, 3.8) is 0 Å². The first-order valence-corrected chi connectivity index (χ1v) is 25.3. The number of carbonyl (C=O) groups is 3. The molecule has 0 saturated carbocycles. The molecule has 0 spiro atoms. The first-order chi connectivity index (χ1) is 37.3. The molecular formula is C63H70B2BrN10O5S. The Morgan fingerprint density at radius 3 is 1.39 bits per heavy atom. The quantitative estimate of drug-likeness (QED) is 0.0631. The summed E-state index contributed by atoms with van der Waals surface area (Å²) in [6.45, 7) is 4.01. The van der Waals surface area contributed by atoms with Gasteiger partial charge in [-0.2, -0.15) is 0 Å². The summed E-state index contributed by atoms with van der Waals surface area (Å²) >= 11 is 6.74. The minimum absolute atomic E-state index is 0. The number of pyridine rings is 3. The van der Waals surface area contributed by atoms with Gasteiger partial charge in [0.1, 0.15) is 17.1 Å². The third kappa shape index (κ3) is 16.7. The van der Waals surface area contributed by atoms with Crippen LogP contribution in [-0.4, -0.2) is 71.2 Å². The third-order valence-electron chi connectivity index (χ3n) is 12.4. The molecule has 1 radical (unpaired) electrons. The van der Waals surface area contributed by atoms with E-state index in [0.29, 0.717) is 5.46 Å². The average molecular weight is 1180 g/mol. The first kappa shape index (κ1) is 67.5. The van der Waals surface area contributed by atoms with E-state index in [1.165, 1.54) is 16.7 Å². The molecule has 0 fully saturated rings. The number of primary amides is 3. The number of rotatable bonds is 8. The summed E-state index contributed by atoms with van der Waals surface area (Å²) in [5, 5.41) is 20.8. The number of thiol groups is 1. The maximum absolute atomic E-state index is 11.4. The molecular weight excluding hydrogens is 1110 g/mol. The van der Waals surface area contributed by atoms with Crippen molar-refractivity contribution in [2.24, 2.45) is 42.6 Å². The van der Waals surface area contributed by atoms with Gasteiger partial charge < -0.3 is 41.0 Å². The Bertz CT molecular complexity index is 3990. The van der Waals surface area contributed by atoms with Crippen LogP contribution in [0.5, 0.6) is 0 Å². The van der Waals surface area contributed by atoms with Crippen molar-refractivity contribution in [1.29, 1.82) is 0 Å².